The Morgan fingerprint density at radius 1 is 1.69 bits per heavy atom. The lowest BCUT2D eigenvalue weighted by atomic mass is 10.1. The largest absolute Gasteiger partial charge is 0.480 e. The molecule has 0 amide bonds. The summed E-state index contributed by atoms with van der Waals surface area (Å²) in [7, 11) is 5.22. The Balaban J connectivity index is 2.95. The highest BCUT2D eigenvalue weighted by Gasteiger charge is 2.22. The standard InChI is InChI=1S/C8H13N3O2/c1-10(2)7(8(12)13)6-4-9-11(3)5-6/h4-5,7H,1-3H3,(H,12,13)/t7-/m0/s1. The van der Waals surface area contributed by atoms with Gasteiger partial charge in [0, 0.05) is 18.8 Å². The Morgan fingerprint density at radius 2 is 2.31 bits per heavy atom. The summed E-state index contributed by atoms with van der Waals surface area (Å²) in [5, 5.41) is 12.9. The van der Waals surface area contributed by atoms with Gasteiger partial charge in [0.2, 0.25) is 0 Å². The number of carbonyl (C=O) groups is 1. The maximum Gasteiger partial charge on any atom is 0.325 e. The van der Waals surface area contributed by atoms with E-state index < -0.39 is 12.0 Å². The highest BCUT2D eigenvalue weighted by molar-refractivity contribution is 5.75. The number of hydrogen-bond donors (Lipinski definition) is 1. The quantitative estimate of drug-likeness (QED) is 0.722. The molecule has 0 radical (unpaired) electrons. The molecule has 13 heavy (non-hydrogen) atoms. The monoisotopic (exact) mass is 183 g/mol. The summed E-state index contributed by atoms with van der Waals surface area (Å²) in [5.41, 5.74) is 0.694. The smallest absolute Gasteiger partial charge is 0.325 e. The molecule has 1 rings (SSSR count). The Morgan fingerprint density at radius 3 is 2.62 bits per heavy atom. The normalized spacial score (nSPS) is 13.2. The van der Waals surface area contributed by atoms with Crippen LogP contribution >= 0.6 is 0 Å². The van der Waals surface area contributed by atoms with Crippen LogP contribution in [0.15, 0.2) is 12.4 Å². The zero-order chi connectivity index (χ0) is 10.0. The van der Waals surface area contributed by atoms with E-state index in [9.17, 15) is 4.79 Å². The van der Waals surface area contributed by atoms with Crippen LogP contribution in [0.3, 0.4) is 0 Å². The van der Waals surface area contributed by atoms with E-state index >= 15 is 0 Å². The van der Waals surface area contributed by atoms with E-state index in [0.717, 1.165) is 0 Å². The molecule has 0 saturated carbocycles. The van der Waals surface area contributed by atoms with Crippen LogP contribution in [-0.2, 0) is 11.8 Å². The molecule has 0 aliphatic carbocycles. The van der Waals surface area contributed by atoms with Crippen LogP contribution in [-0.4, -0.2) is 39.9 Å². The second kappa shape index (κ2) is 3.57. The maximum absolute atomic E-state index is 10.9. The summed E-state index contributed by atoms with van der Waals surface area (Å²) < 4.78 is 1.59. The SMILES string of the molecule is CN(C)[C@H](C(=O)O)c1cnn(C)c1. The van der Waals surface area contributed by atoms with Gasteiger partial charge in [0.25, 0.3) is 0 Å². The average molecular weight is 183 g/mol. The Labute approximate surface area is 76.6 Å². The Hall–Kier alpha value is -1.36. The highest BCUT2D eigenvalue weighted by Crippen LogP contribution is 2.16. The molecule has 72 valence electrons. The van der Waals surface area contributed by atoms with Crippen molar-refractivity contribution in [3.05, 3.63) is 18.0 Å². The lowest BCUT2D eigenvalue weighted by Crippen LogP contribution is -2.27. The fourth-order valence-corrected chi connectivity index (χ4v) is 1.24. The summed E-state index contributed by atoms with van der Waals surface area (Å²) in [4.78, 5) is 12.5. The van der Waals surface area contributed by atoms with Crippen molar-refractivity contribution >= 4 is 5.97 Å². The fourth-order valence-electron chi connectivity index (χ4n) is 1.24. The van der Waals surface area contributed by atoms with Crippen LogP contribution in [0.2, 0.25) is 0 Å². The van der Waals surface area contributed by atoms with Crippen molar-refractivity contribution < 1.29 is 9.90 Å². The second-order valence-electron chi connectivity index (χ2n) is 3.15. The zero-order valence-electron chi connectivity index (χ0n) is 7.93. The van der Waals surface area contributed by atoms with Gasteiger partial charge >= 0.3 is 5.97 Å². The molecule has 0 spiro atoms. The molecule has 5 heteroatoms. The van der Waals surface area contributed by atoms with E-state index in [-0.39, 0.29) is 0 Å². The molecular weight excluding hydrogens is 170 g/mol. The van der Waals surface area contributed by atoms with E-state index in [0.29, 0.717) is 5.56 Å². The number of likely N-dealkylation sites (N-methyl/N-ethyl adjacent to an activating group) is 1. The van der Waals surface area contributed by atoms with Crippen LogP contribution < -0.4 is 0 Å². The molecule has 5 nitrogen and oxygen atoms in total. The van der Waals surface area contributed by atoms with Crippen molar-refractivity contribution in [3.8, 4) is 0 Å². The molecular formula is C8H13N3O2. The molecule has 0 aliphatic heterocycles. The number of carboxylic acids is 1. The van der Waals surface area contributed by atoms with Gasteiger partial charge < -0.3 is 5.11 Å². The summed E-state index contributed by atoms with van der Waals surface area (Å²) >= 11 is 0. The number of aromatic nitrogens is 2. The minimum absolute atomic E-state index is 0.617. The third-order valence-corrected chi connectivity index (χ3v) is 1.79. The first-order chi connectivity index (χ1) is 6.02. The molecule has 0 unspecified atom stereocenters. The Bertz CT molecular complexity index is 306. The number of hydrogen-bond acceptors (Lipinski definition) is 3. The van der Waals surface area contributed by atoms with E-state index in [1.165, 1.54) is 0 Å². The first-order valence-electron chi connectivity index (χ1n) is 3.90. The van der Waals surface area contributed by atoms with Gasteiger partial charge in [-0.3, -0.25) is 14.4 Å². The minimum Gasteiger partial charge on any atom is -0.480 e. The van der Waals surface area contributed by atoms with Gasteiger partial charge in [0.1, 0.15) is 6.04 Å². The predicted octanol–water partition coefficient (Wildman–Crippen LogP) is 0.107. The summed E-state index contributed by atoms with van der Waals surface area (Å²) in [6.45, 7) is 0. The predicted molar refractivity (Wildman–Crippen MR) is 47.3 cm³/mol. The van der Waals surface area contributed by atoms with Crippen molar-refractivity contribution in [2.24, 2.45) is 7.05 Å². The average Bonchev–Trinajstić information content (AvgIpc) is 2.34. The molecule has 0 saturated heterocycles. The van der Waals surface area contributed by atoms with Gasteiger partial charge in [0.05, 0.1) is 6.20 Å². The van der Waals surface area contributed by atoms with E-state index in [2.05, 4.69) is 5.10 Å². The molecule has 0 aromatic carbocycles. The van der Waals surface area contributed by atoms with Crippen LogP contribution in [0.1, 0.15) is 11.6 Å². The fraction of sp³-hybridized carbons (Fsp3) is 0.500. The van der Waals surface area contributed by atoms with Crippen LogP contribution in [0.25, 0.3) is 0 Å². The van der Waals surface area contributed by atoms with Gasteiger partial charge in [-0.05, 0) is 14.1 Å². The summed E-state index contributed by atoms with van der Waals surface area (Å²) in [6, 6.07) is -0.617. The Kier molecular flexibility index (Phi) is 2.67. The lowest BCUT2D eigenvalue weighted by Gasteiger charge is -2.17. The van der Waals surface area contributed by atoms with Gasteiger partial charge in [-0.1, -0.05) is 0 Å². The molecule has 1 atom stereocenters. The zero-order valence-corrected chi connectivity index (χ0v) is 7.93. The van der Waals surface area contributed by atoms with Crippen molar-refractivity contribution in [2.75, 3.05) is 14.1 Å². The van der Waals surface area contributed by atoms with Gasteiger partial charge in [0.15, 0.2) is 0 Å². The number of carboxylic acid groups (broad SMARTS) is 1. The summed E-state index contributed by atoms with van der Waals surface area (Å²) in [5.74, 6) is -0.863. The first-order valence-corrected chi connectivity index (χ1v) is 3.90. The van der Waals surface area contributed by atoms with Crippen LogP contribution in [0.5, 0.6) is 0 Å². The number of aryl methyl sites for hydroxylation is 1. The number of aliphatic carboxylic acids is 1. The molecule has 1 aromatic rings. The lowest BCUT2D eigenvalue weighted by molar-refractivity contribution is -0.142. The van der Waals surface area contributed by atoms with E-state index in [1.54, 1.807) is 43.1 Å². The van der Waals surface area contributed by atoms with Crippen LogP contribution in [0.4, 0.5) is 0 Å². The van der Waals surface area contributed by atoms with E-state index in [4.69, 9.17) is 5.11 Å². The van der Waals surface area contributed by atoms with Crippen molar-refractivity contribution in [1.82, 2.24) is 14.7 Å². The minimum atomic E-state index is -0.863. The highest BCUT2D eigenvalue weighted by atomic mass is 16.4. The van der Waals surface area contributed by atoms with Crippen molar-refractivity contribution in [1.29, 1.82) is 0 Å². The molecule has 1 heterocycles. The van der Waals surface area contributed by atoms with Crippen LogP contribution in [0, 0.1) is 0 Å². The number of nitrogens with zero attached hydrogens (tertiary/aromatic N) is 3. The van der Waals surface area contributed by atoms with Crippen molar-refractivity contribution in [3.63, 3.8) is 0 Å². The number of rotatable bonds is 3. The maximum atomic E-state index is 10.9. The second-order valence-corrected chi connectivity index (χ2v) is 3.15. The first kappa shape index (κ1) is 9.73. The molecule has 0 fully saturated rings. The topological polar surface area (TPSA) is 58.4 Å². The molecule has 0 bridgehead atoms. The third-order valence-electron chi connectivity index (χ3n) is 1.79. The van der Waals surface area contributed by atoms with Gasteiger partial charge in [-0.2, -0.15) is 5.10 Å². The van der Waals surface area contributed by atoms with Crippen molar-refractivity contribution in [2.45, 2.75) is 6.04 Å². The molecule has 1 aromatic heterocycles. The molecule has 1 N–H and O–H groups in total. The van der Waals surface area contributed by atoms with Gasteiger partial charge in [-0.15, -0.1) is 0 Å². The molecule has 0 aliphatic rings. The van der Waals surface area contributed by atoms with E-state index in [1.807, 2.05) is 0 Å². The third kappa shape index (κ3) is 2.06. The van der Waals surface area contributed by atoms with Gasteiger partial charge in [-0.25, -0.2) is 0 Å². The summed E-state index contributed by atoms with van der Waals surface area (Å²) in [6.07, 6.45) is 3.28.